The van der Waals surface area contributed by atoms with Gasteiger partial charge in [-0.15, -0.1) is 0 Å². The molecule has 0 aromatic heterocycles. The van der Waals surface area contributed by atoms with E-state index >= 15 is 0 Å². The Balaban J connectivity index is 1.86. The van der Waals surface area contributed by atoms with Gasteiger partial charge in [-0.2, -0.15) is 0 Å². The average Bonchev–Trinajstić information content (AvgIpc) is 2.35. The quantitative estimate of drug-likeness (QED) is 0.892. The summed E-state index contributed by atoms with van der Waals surface area (Å²) < 4.78 is 1.01. The fourth-order valence-corrected chi connectivity index (χ4v) is 2.30. The van der Waals surface area contributed by atoms with Gasteiger partial charge in [0.05, 0.1) is 6.54 Å². The molecule has 4 nitrogen and oxygen atoms in total. The Morgan fingerprint density at radius 3 is 2.89 bits per heavy atom. The number of amides is 1. The predicted molar refractivity (Wildman–Crippen MR) is 76.7 cm³/mol. The first-order chi connectivity index (χ1) is 8.65. The molecular weight excluding hydrogens is 294 g/mol. The smallest absolute Gasteiger partial charge is 0.238 e. The minimum atomic E-state index is 0.0473. The summed E-state index contributed by atoms with van der Waals surface area (Å²) in [5, 5.41) is 6.23. The summed E-state index contributed by atoms with van der Waals surface area (Å²) in [6, 6.07) is 8.03. The Morgan fingerprint density at radius 1 is 1.50 bits per heavy atom. The van der Waals surface area contributed by atoms with E-state index in [1.54, 1.807) is 0 Å². The average molecular weight is 312 g/mol. The van der Waals surface area contributed by atoms with Crippen LogP contribution in [-0.2, 0) is 4.79 Å². The van der Waals surface area contributed by atoms with Crippen LogP contribution >= 0.6 is 15.9 Å². The highest BCUT2D eigenvalue weighted by Crippen LogP contribution is 2.14. The van der Waals surface area contributed by atoms with Crippen LogP contribution in [0.2, 0.25) is 0 Å². The number of hydrogen-bond donors (Lipinski definition) is 2. The molecule has 1 fully saturated rings. The lowest BCUT2D eigenvalue weighted by Crippen LogP contribution is -2.51. The molecule has 1 heterocycles. The lowest BCUT2D eigenvalue weighted by Gasteiger charge is -2.33. The Bertz CT molecular complexity index is 407. The van der Waals surface area contributed by atoms with E-state index in [1.165, 1.54) is 0 Å². The Morgan fingerprint density at radius 2 is 2.22 bits per heavy atom. The van der Waals surface area contributed by atoms with Crippen LogP contribution < -0.4 is 10.6 Å². The van der Waals surface area contributed by atoms with Gasteiger partial charge < -0.3 is 10.6 Å². The maximum absolute atomic E-state index is 11.9. The van der Waals surface area contributed by atoms with Crippen LogP contribution in [0.5, 0.6) is 0 Å². The van der Waals surface area contributed by atoms with E-state index in [1.807, 2.05) is 24.3 Å². The van der Waals surface area contributed by atoms with Crippen LogP contribution in [0.4, 0.5) is 5.69 Å². The van der Waals surface area contributed by atoms with Gasteiger partial charge in [0.2, 0.25) is 5.91 Å². The molecule has 1 saturated heterocycles. The van der Waals surface area contributed by atoms with Crippen molar-refractivity contribution in [2.24, 2.45) is 0 Å². The molecular formula is C13H18BrN3O. The second-order valence-electron chi connectivity index (χ2n) is 4.58. The SMILES string of the molecule is C[C@H]1CNCCN1CC(=O)Nc1ccc(Br)cc1. The molecule has 1 aromatic carbocycles. The van der Waals surface area contributed by atoms with Gasteiger partial charge in [-0.25, -0.2) is 0 Å². The van der Waals surface area contributed by atoms with Gasteiger partial charge in [-0.3, -0.25) is 9.69 Å². The summed E-state index contributed by atoms with van der Waals surface area (Å²) in [7, 11) is 0. The van der Waals surface area contributed by atoms with Crippen LogP contribution in [0.1, 0.15) is 6.92 Å². The predicted octanol–water partition coefficient (Wildman–Crippen LogP) is 1.68. The van der Waals surface area contributed by atoms with E-state index in [2.05, 4.69) is 38.4 Å². The first-order valence-electron chi connectivity index (χ1n) is 6.15. The van der Waals surface area contributed by atoms with Crippen LogP contribution in [0.25, 0.3) is 0 Å². The van der Waals surface area contributed by atoms with Gasteiger partial charge >= 0.3 is 0 Å². The second kappa shape index (κ2) is 6.31. The van der Waals surface area contributed by atoms with Crippen molar-refractivity contribution in [2.75, 3.05) is 31.5 Å². The largest absolute Gasteiger partial charge is 0.325 e. The summed E-state index contributed by atoms with van der Waals surface area (Å²) in [4.78, 5) is 14.1. The summed E-state index contributed by atoms with van der Waals surface area (Å²) in [5.74, 6) is 0.0473. The number of nitrogens with one attached hydrogen (secondary N) is 2. The van der Waals surface area contributed by atoms with E-state index in [4.69, 9.17) is 0 Å². The molecule has 5 heteroatoms. The molecule has 2 rings (SSSR count). The van der Waals surface area contributed by atoms with Crippen molar-refractivity contribution < 1.29 is 4.79 Å². The zero-order chi connectivity index (χ0) is 13.0. The zero-order valence-electron chi connectivity index (χ0n) is 10.4. The van der Waals surface area contributed by atoms with Crippen molar-refractivity contribution in [3.05, 3.63) is 28.7 Å². The van der Waals surface area contributed by atoms with Gasteiger partial charge in [0, 0.05) is 35.8 Å². The molecule has 1 aliphatic heterocycles. The summed E-state index contributed by atoms with van der Waals surface area (Å²) >= 11 is 3.37. The lowest BCUT2D eigenvalue weighted by molar-refractivity contribution is -0.118. The molecule has 0 bridgehead atoms. The molecule has 1 aromatic rings. The molecule has 2 N–H and O–H groups in total. The first kappa shape index (κ1) is 13.5. The van der Waals surface area contributed by atoms with Gasteiger partial charge in [0.1, 0.15) is 0 Å². The minimum Gasteiger partial charge on any atom is -0.325 e. The highest BCUT2D eigenvalue weighted by molar-refractivity contribution is 9.10. The van der Waals surface area contributed by atoms with Gasteiger partial charge in [0.25, 0.3) is 0 Å². The Kier molecular flexibility index (Phi) is 4.74. The Labute approximate surface area is 116 Å². The molecule has 0 unspecified atom stereocenters. The molecule has 0 aliphatic carbocycles. The van der Waals surface area contributed by atoms with Crippen LogP contribution in [0.3, 0.4) is 0 Å². The first-order valence-corrected chi connectivity index (χ1v) is 6.94. The molecule has 1 aliphatic rings. The minimum absolute atomic E-state index is 0.0473. The standard InChI is InChI=1S/C13H18BrN3O/c1-10-8-15-6-7-17(10)9-13(18)16-12-4-2-11(14)3-5-12/h2-5,10,15H,6-9H2,1H3,(H,16,18)/t10-/m0/s1. The van der Waals surface area contributed by atoms with E-state index in [0.29, 0.717) is 12.6 Å². The maximum atomic E-state index is 11.9. The maximum Gasteiger partial charge on any atom is 0.238 e. The Hall–Kier alpha value is -0.910. The zero-order valence-corrected chi connectivity index (χ0v) is 12.0. The summed E-state index contributed by atoms with van der Waals surface area (Å²) in [6.07, 6.45) is 0. The van der Waals surface area contributed by atoms with Gasteiger partial charge in [-0.05, 0) is 31.2 Å². The van der Waals surface area contributed by atoms with Crippen molar-refractivity contribution in [1.29, 1.82) is 0 Å². The van der Waals surface area contributed by atoms with E-state index < -0.39 is 0 Å². The van der Waals surface area contributed by atoms with E-state index in [0.717, 1.165) is 29.8 Å². The molecule has 0 radical (unpaired) electrons. The third-order valence-corrected chi connectivity index (χ3v) is 3.64. The number of carbonyl (C=O) groups excluding carboxylic acids is 1. The molecule has 98 valence electrons. The van der Waals surface area contributed by atoms with Crippen LogP contribution in [-0.4, -0.2) is 43.0 Å². The summed E-state index contributed by atoms with van der Waals surface area (Å²) in [5.41, 5.74) is 0.839. The number of piperazine rings is 1. The number of rotatable bonds is 3. The van der Waals surface area contributed by atoms with Crippen molar-refractivity contribution in [1.82, 2.24) is 10.2 Å². The number of anilines is 1. The topological polar surface area (TPSA) is 44.4 Å². The summed E-state index contributed by atoms with van der Waals surface area (Å²) in [6.45, 7) is 5.42. The van der Waals surface area contributed by atoms with Crippen molar-refractivity contribution in [3.8, 4) is 0 Å². The van der Waals surface area contributed by atoms with Crippen LogP contribution in [0.15, 0.2) is 28.7 Å². The molecule has 18 heavy (non-hydrogen) atoms. The van der Waals surface area contributed by atoms with Crippen LogP contribution in [0, 0.1) is 0 Å². The highest BCUT2D eigenvalue weighted by atomic mass is 79.9. The van der Waals surface area contributed by atoms with Gasteiger partial charge in [0.15, 0.2) is 0 Å². The highest BCUT2D eigenvalue weighted by Gasteiger charge is 2.20. The molecule has 1 amide bonds. The van der Waals surface area contributed by atoms with Crippen molar-refractivity contribution in [3.63, 3.8) is 0 Å². The monoisotopic (exact) mass is 311 g/mol. The van der Waals surface area contributed by atoms with E-state index in [9.17, 15) is 4.79 Å². The molecule has 0 spiro atoms. The number of hydrogen-bond acceptors (Lipinski definition) is 3. The van der Waals surface area contributed by atoms with Crippen molar-refractivity contribution in [2.45, 2.75) is 13.0 Å². The fourth-order valence-electron chi connectivity index (χ4n) is 2.04. The number of carbonyl (C=O) groups is 1. The molecule has 0 saturated carbocycles. The fraction of sp³-hybridized carbons (Fsp3) is 0.462. The number of nitrogens with zero attached hydrogens (tertiary/aromatic N) is 1. The van der Waals surface area contributed by atoms with Crippen molar-refractivity contribution >= 4 is 27.5 Å². The lowest BCUT2D eigenvalue weighted by atomic mass is 10.2. The van der Waals surface area contributed by atoms with Gasteiger partial charge in [-0.1, -0.05) is 15.9 Å². The number of halogens is 1. The molecule has 1 atom stereocenters. The number of benzene rings is 1. The normalized spacial score (nSPS) is 20.7. The van der Waals surface area contributed by atoms with E-state index in [-0.39, 0.29) is 5.91 Å². The third-order valence-electron chi connectivity index (χ3n) is 3.11. The third kappa shape index (κ3) is 3.80. The second-order valence-corrected chi connectivity index (χ2v) is 5.49.